The number of carbonyl (C=O) groups excluding carboxylic acids is 1. The number of halogens is 1. The first-order valence-corrected chi connectivity index (χ1v) is 11.5. The zero-order valence-corrected chi connectivity index (χ0v) is 18.3. The van der Waals surface area contributed by atoms with E-state index in [2.05, 4.69) is 26.3 Å². The Morgan fingerprint density at radius 2 is 2.17 bits per heavy atom. The van der Waals surface area contributed by atoms with Crippen molar-refractivity contribution in [1.29, 1.82) is 0 Å². The summed E-state index contributed by atoms with van der Waals surface area (Å²) in [5.74, 6) is 0.416. The van der Waals surface area contributed by atoms with E-state index < -0.39 is 0 Å². The third-order valence-corrected chi connectivity index (χ3v) is 6.69. The van der Waals surface area contributed by atoms with E-state index in [0.29, 0.717) is 28.6 Å². The van der Waals surface area contributed by atoms with Crippen LogP contribution in [0.3, 0.4) is 0 Å². The number of amides is 1. The monoisotopic (exact) mass is 449 g/mol. The molecule has 1 aromatic carbocycles. The van der Waals surface area contributed by atoms with E-state index in [4.69, 9.17) is 23.8 Å². The summed E-state index contributed by atoms with van der Waals surface area (Å²) in [4.78, 5) is 16.9. The van der Waals surface area contributed by atoms with Crippen LogP contribution >= 0.6 is 35.2 Å². The summed E-state index contributed by atoms with van der Waals surface area (Å²) in [6.45, 7) is 0.453. The van der Waals surface area contributed by atoms with E-state index in [0.717, 1.165) is 29.2 Å². The van der Waals surface area contributed by atoms with Crippen LogP contribution in [0.4, 0.5) is 5.13 Å². The zero-order valence-electron chi connectivity index (χ0n) is 15.9. The van der Waals surface area contributed by atoms with Gasteiger partial charge < -0.3 is 21.3 Å². The summed E-state index contributed by atoms with van der Waals surface area (Å²) in [5, 5.41) is 17.3. The van der Waals surface area contributed by atoms with Crippen LogP contribution < -0.4 is 21.3 Å². The third-order valence-electron chi connectivity index (χ3n) is 5.40. The number of carbonyl (C=O) groups is 1. The van der Waals surface area contributed by atoms with Crippen molar-refractivity contribution in [2.75, 3.05) is 5.32 Å². The number of benzene rings is 1. The van der Waals surface area contributed by atoms with Gasteiger partial charge in [0.1, 0.15) is 6.17 Å². The predicted octanol–water partition coefficient (Wildman–Crippen LogP) is 3.43. The number of anilines is 1. The van der Waals surface area contributed by atoms with Gasteiger partial charge in [-0.2, -0.15) is 0 Å². The summed E-state index contributed by atoms with van der Waals surface area (Å²) in [7, 11) is 0. The maximum absolute atomic E-state index is 12.3. The number of nitrogens with zero attached hydrogens (tertiary/aromatic N) is 1. The van der Waals surface area contributed by atoms with Crippen LogP contribution in [0.25, 0.3) is 0 Å². The standard InChI is InChI=1S/C20H24ClN5OS2/c21-13-5-3-4-12(8-13)10-22-17(27)9-14-11-29-20(23-14)26-18-15-6-1-2-7-16(15)24-19(28)25-18/h3-5,8,11,15-16,18H,1-2,6-7,9-10H2,(H,22,27)(H,23,26)(H2,24,25,28). The third kappa shape index (κ3) is 5.38. The normalized spacial score (nSPS) is 23.5. The van der Waals surface area contributed by atoms with Crippen molar-refractivity contribution in [2.24, 2.45) is 5.92 Å². The molecule has 0 bridgehead atoms. The zero-order chi connectivity index (χ0) is 20.2. The summed E-state index contributed by atoms with van der Waals surface area (Å²) < 4.78 is 0. The Labute approximate surface area is 184 Å². The molecule has 1 aliphatic heterocycles. The van der Waals surface area contributed by atoms with E-state index in [1.807, 2.05) is 29.6 Å². The molecule has 4 N–H and O–H groups in total. The molecule has 3 unspecified atom stereocenters. The summed E-state index contributed by atoms with van der Waals surface area (Å²) in [5.41, 5.74) is 1.74. The SMILES string of the molecule is O=C(Cc1csc(NC2NC(=S)NC3CCCCC32)n1)NCc1cccc(Cl)c1. The molecule has 2 aliphatic rings. The maximum atomic E-state index is 12.3. The second-order valence-electron chi connectivity index (χ2n) is 7.52. The quantitative estimate of drug-likeness (QED) is 0.506. The van der Waals surface area contributed by atoms with Crippen LogP contribution in [-0.4, -0.2) is 28.2 Å². The summed E-state index contributed by atoms with van der Waals surface area (Å²) in [6.07, 6.45) is 5.13. The van der Waals surface area contributed by atoms with E-state index in [9.17, 15) is 4.79 Å². The van der Waals surface area contributed by atoms with Crippen LogP contribution in [0, 0.1) is 5.92 Å². The number of hydrogen-bond donors (Lipinski definition) is 4. The Balaban J connectivity index is 1.31. The van der Waals surface area contributed by atoms with E-state index in [1.54, 1.807) is 0 Å². The average Bonchev–Trinajstić information content (AvgIpc) is 3.13. The maximum Gasteiger partial charge on any atom is 0.226 e. The number of thiocarbonyl (C=S) groups is 1. The van der Waals surface area contributed by atoms with Crippen molar-refractivity contribution in [3.05, 3.63) is 45.9 Å². The molecule has 1 amide bonds. The number of rotatable bonds is 6. The molecule has 0 spiro atoms. The van der Waals surface area contributed by atoms with Gasteiger partial charge in [0.25, 0.3) is 0 Å². The topological polar surface area (TPSA) is 78.1 Å². The summed E-state index contributed by atoms with van der Waals surface area (Å²) >= 11 is 12.9. The largest absolute Gasteiger partial charge is 0.360 e. The molecule has 2 aromatic rings. The van der Waals surface area contributed by atoms with Gasteiger partial charge in [0.05, 0.1) is 12.1 Å². The van der Waals surface area contributed by atoms with Gasteiger partial charge >= 0.3 is 0 Å². The molecule has 1 aliphatic carbocycles. The van der Waals surface area contributed by atoms with Crippen molar-refractivity contribution in [1.82, 2.24) is 20.9 Å². The van der Waals surface area contributed by atoms with E-state index >= 15 is 0 Å². The van der Waals surface area contributed by atoms with Gasteiger partial charge in [0.2, 0.25) is 5.91 Å². The van der Waals surface area contributed by atoms with Gasteiger partial charge in [-0.15, -0.1) is 11.3 Å². The highest BCUT2D eigenvalue weighted by atomic mass is 35.5. The number of thiazole rings is 1. The lowest BCUT2D eigenvalue weighted by Gasteiger charge is -2.43. The van der Waals surface area contributed by atoms with Gasteiger partial charge in [-0.05, 0) is 42.8 Å². The van der Waals surface area contributed by atoms with Crippen LogP contribution in [0.2, 0.25) is 5.02 Å². The van der Waals surface area contributed by atoms with Gasteiger partial charge in [-0.25, -0.2) is 4.98 Å². The second kappa shape index (κ2) is 9.28. The number of fused-ring (bicyclic) bond motifs is 1. The van der Waals surface area contributed by atoms with Gasteiger partial charge in [0.15, 0.2) is 10.2 Å². The molecular formula is C20H24ClN5OS2. The molecule has 29 heavy (non-hydrogen) atoms. The molecule has 154 valence electrons. The van der Waals surface area contributed by atoms with Crippen molar-refractivity contribution in [3.8, 4) is 0 Å². The number of aromatic nitrogens is 1. The van der Waals surface area contributed by atoms with Crippen molar-refractivity contribution < 1.29 is 4.79 Å². The Morgan fingerprint density at radius 3 is 3.03 bits per heavy atom. The predicted molar refractivity (Wildman–Crippen MR) is 121 cm³/mol. The lowest BCUT2D eigenvalue weighted by Crippen LogP contribution is -2.63. The van der Waals surface area contributed by atoms with Gasteiger partial charge in [0, 0.05) is 28.9 Å². The molecule has 4 rings (SSSR count). The first-order valence-electron chi connectivity index (χ1n) is 9.86. The minimum atomic E-state index is -0.0599. The fourth-order valence-electron chi connectivity index (χ4n) is 4.00. The fraction of sp³-hybridized carbons (Fsp3) is 0.450. The van der Waals surface area contributed by atoms with Crippen LogP contribution in [0.15, 0.2) is 29.6 Å². The van der Waals surface area contributed by atoms with Crippen molar-refractivity contribution >= 4 is 51.3 Å². The lowest BCUT2D eigenvalue weighted by molar-refractivity contribution is -0.120. The van der Waals surface area contributed by atoms with E-state index in [1.165, 1.54) is 24.2 Å². The fourth-order valence-corrected chi connectivity index (χ4v) is 5.24. The lowest BCUT2D eigenvalue weighted by atomic mass is 9.81. The first-order chi connectivity index (χ1) is 14.1. The minimum Gasteiger partial charge on any atom is -0.360 e. The molecule has 9 heteroatoms. The first kappa shape index (κ1) is 20.4. The van der Waals surface area contributed by atoms with Crippen LogP contribution in [-0.2, 0) is 17.8 Å². The van der Waals surface area contributed by atoms with Crippen LogP contribution in [0.1, 0.15) is 36.9 Å². The molecule has 0 radical (unpaired) electrons. The molecule has 1 saturated carbocycles. The second-order valence-corrected chi connectivity index (χ2v) is 9.22. The highest BCUT2D eigenvalue weighted by Gasteiger charge is 2.36. The Bertz CT molecular complexity index is 889. The van der Waals surface area contributed by atoms with Crippen molar-refractivity contribution in [3.63, 3.8) is 0 Å². The molecule has 1 saturated heterocycles. The molecule has 6 nitrogen and oxygen atoms in total. The Kier molecular flexibility index (Phi) is 6.52. The Hall–Kier alpha value is -1.90. The molecule has 1 aromatic heterocycles. The van der Waals surface area contributed by atoms with Crippen LogP contribution in [0.5, 0.6) is 0 Å². The average molecular weight is 450 g/mol. The summed E-state index contributed by atoms with van der Waals surface area (Å²) in [6, 6.07) is 7.90. The van der Waals surface area contributed by atoms with Gasteiger partial charge in [-0.1, -0.05) is 36.6 Å². The smallest absolute Gasteiger partial charge is 0.226 e. The highest BCUT2D eigenvalue weighted by molar-refractivity contribution is 7.80. The Morgan fingerprint density at radius 1 is 1.31 bits per heavy atom. The van der Waals surface area contributed by atoms with E-state index in [-0.39, 0.29) is 18.5 Å². The van der Waals surface area contributed by atoms with Crippen molar-refractivity contribution in [2.45, 2.75) is 50.9 Å². The van der Waals surface area contributed by atoms with Gasteiger partial charge in [-0.3, -0.25) is 4.79 Å². The minimum absolute atomic E-state index is 0.0599. The number of nitrogens with one attached hydrogen (secondary N) is 4. The number of hydrogen-bond acceptors (Lipinski definition) is 5. The highest BCUT2D eigenvalue weighted by Crippen LogP contribution is 2.30. The molecular weight excluding hydrogens is 426 g/mol. The molecule has 3 atom stereocenters. The molecule has 2 heterocycles. The molecule has 2 fully saturated rings.